The quantitative estimate of drug-likeness (QED) is 0.622. The van der Waals surface area contributed by atoms with Gasteiger partial charge in [0.15, 0.2) is 0 Å². The summed E-state index contributed by atoms with van der Waals surface area (Å²) in [6, 6.07) is 14.9. The zero-order chi connectivity index (χ0) is 19.0. The van der Waals surface area contributed by atoms with E-state index in [0.717, 1.165) is 38.7 Å². The van der Waals surface area contributed by atoms with Crippen LogP contribution in [-0.4, -0.2) is 21.8 Å². The number of allylic oxidation sites excluding steroid dienone is 2. The van der Waals surface area contributed by atoms with Gasteiger partial charge in [-0.2, -0.15) is 0 Å². The molecule has 136 valence electrons. The fraction of sp³-hybridized carbons (Fsp3) is 0.0500. The van der Waals surface area contributed by atoms with Crippen molar-refractivity contribution in [2.45, 2.75) is 6.18 Å². The number of rotatable bonds is 2. The number of nitrogens with one attached hydrogen (secondary N) is 1. The summed E-state index contributed by atoms with van der Waals surface area (Å²) in [5.74, 6) is 0. The van der Waals surface area contributed by atoms with E-state index in [1.165, 1.54) is 29.0 Å². The predicted octanol–water partition coefficient (Wildman–Crippen LogP) is 4.09. The molecule has 0 radical (unpaired) electrons. The summed E-state index contributed by atoms with van der Waals surface area (Å²) in [5, 5.41) is 2.76. The summed E-state index contributed by atoms with van der Waals surface area (Å²) < 4.78 is 39.3. The second kappa shape index (κ2) is 6.78. The average molecular weight is 429 g/mol. The van der Waals surface area contributed by atoms with Crippen LogP contribution in [0.5, 0.6) is 0 Å². The number of para-hydroxylation sites is 1. The number of hydrazine groups is 1. The number of fused-ring (bicyclic) bond motifs is 1. The van der Waals surface area contributed by atoms with Crippen LogP contribution < -0.4 is 10.4 Å². The molecule has 1 aliphatic heterocycles. The molecule has 1 unspecified atom stereocenters. The van der Waals surface area contributed by atoms with Gasteiger partial charge in [0.25, 0.3) is 0 Å². The van der Waals surface area contributed by atoms with Gasteiger partial charge in [-0.25, -0.2) is 0 Å². The van der Waals surface area contributed by atoms with Crippen molar-refractivity contribution in [1.29, 1.82) is 0 Å². The van der Waals surface area contributed by atoms with Gasteiger partial charge in [0, 0.05) is 0 Å². The van der Waals surface area contributed by atoms with E-state index in [0.29, 0.717) is 5.69 Å². The SMILES string of the molecule is FC(F)(F)c1ccc(N2C=C(c3cccc4cccnc34)C=C([AsH2])N2)cc1. The van der Waals surface area contributed by atoms with E-state index in [-0.39, 0.29) is 0 Å². The molecule has 0 spiro atoms. The van der Waals surface area contributed by atoms with Gasteiger partial charge in [-0.3, -0.25) is 0 Å². The zero-order valence-corrected chi connectivity index (χ0v) is 16.5. The number of benzene rings is 2. The number of anilines is 1. The van der Waals surface area contributed by atoms with Crippen LogP contribution in [0.1, 0.15) is 11.1 Å². The van der Waals surface area contributed by atoms with Crippen LogP contribution in [0.4, 0.5) is 18.9 Å². The number of aromatic nitrogens is 1. The average Bonchev–Trinajstić information content (AvgIpc) is 2.66. The van der Waals surface area contributed by atoms with Crippen LogP contribution in [0.15, 0.2) is 77.6 Å². The summed E-state index contributed by atoms with van der Waals surface area (Å²) in [7, 11) is 0. The molecule has 0 fully saturated rings. The standard InChI is InChI=1S/C20H15AsF3N3/c21-18-11-14(17-5-1-3-13-4-2-10-25-19(13)17)12-27(26-18)16-8-6-15(7-9-16)20(22,23)24/h1-12,26H,21H2. The van der Waals surface area contributed by atoms with Crippen molar-refractivity contribution in [2.75, 3.05) is 5.01 Å². The number of hydrogen-bond acceptors (Lipinski definition) is 3. The molecule has 0 bridgehead atoms. The summed E-state index contributed by atoms with van der Waals surface area (Å²) in [5.41, 5.74) is 5.94. The first-order valence-corrected chi connectivity index (χ1v) is 9.39. The Kier molecular flexibility index (Phi) is 4.44. The van der Waals surface area contributed by atoms with Gasteiger partial charge in [0.2, 0.25) is 0 Å². The normalized spacial score (nSPS) is 14.6. The number of halogens is 3. The molecule has 0 amide bonds. The fourth-order valence-corrected chi connectivity index (χ4v) is 3.65. The molecule has 0 saturated carbocycles. The molecular formula is C20H15AsF3N3. The Morgan fingerprint density at radius 2 is 1.70 bits per heavy atom. The zero-order valence-electron chi connectivity index (χ0n) is 14.0. The Morgan fingerprint density at radius 1 is 0.963 bits per heavy atom. The molecule has 1 atom stereocenters. The summed E-state index contributed by atoms with van der Waals surface area (Å²) in [6.07, 6.45) is 1.29. The van der Waals surface area contributed by atoms with Crippen LogP contribution >= 0.6 is 0 Å². The molecule has 1 N–H and O–H groups in total. The van der Waals surface area contributed by atoms with Crippen molar-refractivity contribution in [2.24, 2.45) is 0 Å². The molecule has 7 heteroatoms. The van der Waals surface area contributed by atoms with E-state index in [1.807, 2.05) is 42.6 Å². The van der Waals surface area contributed by atoms with Gasteiger partial charge < -0.3 is 0 Å². The Bertz CT molecular complexity index is 1050. The van der Waals surface area contributed by atoms with Gasteiger partial charge >= 0.3 is 162 Å². The van der Waals surface area contributed by atoms with E-state index in [2.05, 4.69) is 10.4 Å². The molecule has 27 heavy (non-hydrogen) atoms. The molecule has 0 saturated heterocycles. The minimum absolute atomic E-state index is 0.622. The first kappa shape index (κ1) is 17.7. The van der Waals surface area contributed by atoms with Crippen molar-refractivity contribution in [3.05, 3.63) is 88.7 Å². The number of alkyl halides is 3. The number of pyridine rings is 1. The Labute approximate surface area is 162 Å². The molecule has 1 aliphatic rings. The predicted molar refractivity (Wildman–Crippen MR) is 103 cm³/mol. The Morgan fingerprint density at radius 3 is 2.44 bits per heavy atom. The summed E-state index contributed by atoms with van der Waals surface area (Å²) >= 11 is 1.39. The summed E-state index contributed by atoms with van der Waals surface area (Å²) in [4.78, 5) is 4.49. The third-order valence-corrected chi connectivity index (χ3v) is 4.87. The van der Waals surface area contributed by atoms with Crippen molar-refractivity contribution in [3.8, 4) is 0 Å². The van der Waals surface area contributed by atoms with E-state index in [4.69, 9.17) is 0 Å². The van der Waals surface area contributed by atoms with Gasteiger partial charge in [-0.05, 0) is 0 Å². The third-order valence-electron chi connectivity index (χ3n) is 4.25. The third kappa shape index (κ3) is 3.58. The van der Waals surface area contributed by atoms with E-state index >= 15 is 0 Å². The van der Waals surface area contributed by atoms with Gasteiger partial charge in [-0.15, -0.1) is 0 Å². The monoisotopic (exact) mass is 429 g/mol. The van der Waals surface area contributed by atoms with Crippen LogP contribution in [0.3, 0.4) is 0 Å². The maximum absolute atomic E-state index is 12.8. The Hall–Kier alpha value is -2.72. The van der Waals surface area contributed by atoms with Crippen LogP contribution in [-0.2, 0) is 6.18 Å². The summed E-state index contributed by atoms with van der Waals surface area (Å²) in [6.45, 7) is 0. The van der Waals surface area contributed by atoms with Crippen LogP contribution in [0.2, 0.25) is 0 Å². The second-order valence-corrected chi connectivity index (χ2v) is 7.40. The molecular weight excluding hydrogens is 414 g/mol. The van der Waals surface area contributed by atoms with Gasteiger partial charge in [-0.1, -0.05) is 0 Å². The van der Waals surface area contributed by atoms with Crippen LogP contribution in [0.25, 0.3) is 16.5 Å². The Balaban J connectivity index is 1.74. The van der Waals surface area contributed by atoms with Crippen molar-refractivity contribution >= 4 is 39.0 Å². The van der Waals surface area contributed by atoms with Crippen LogP contribution in [0, 0.1) is 0 Å². The molecule has 1 aromatic heterocycles. The van der Waals surface area contributed by atoms with E-state index < -0.39 is 11.7 Å². The number of nitrogens with zero attached hydrogens (tertiary/aromatic N) is 2. The second-order valence-electron chi connectivity index (χ2n) is 6.09. The molecule has 4 rings (SSSR count). The van der Waals surface area contributed by atoms with Crippen molar-refractivity contribution < 1.29 is 13.2 Å². The molecule has 2 aromatic carbocycles. The minimum atomic E-state index is -4.34. The van der Waals surface area contributed by atoms with Gasteiger partial charge in [0.05, 0.1) is 0 Å². The van der Waals surface area contributed by atoms with Gasteiger partial charge in [0.1, 0.15) is 0 Å². The van der Waals surface area contributed by atoms with E-state index in [9.17, 15) is 13.2 Å². The molecule has 3 aromatic rings. The molecule has 0 aliphatic carbocycles. The first-order valence-electron chi connectivity index (χ1n) is 8.18. The number of hydrogen-bond donors (Lipinski definition) is 1. The van der Waals surface area contributed by atoms with E-state index in [1.54, 1.807) is 11.2 Å². The fourth-order valence-electron chi connectivity index (χ4n) is 2.98. The first-order chi connectivity index (χ1) is 12.9. The maximum atomic E-state index is 12.8. The topological polar surface area (TPSA) is 28.2 Å². The van der Waals surface area contributed by atoms with Crippen molar-refractivity contribution in [1.82, 2.24) is 10.4 Å². The molecule has 3 nitrogen and oxygen atoms in total. The molecule has 2 heterocycles. The van der Waals surface area contributed by atoms with Crippen molar-refractivity contribution in [3.63, 3.8) is 0 Å².